The molecule has 0 amide bonds. The molecule has 0 radical (unpaired) electrons. The highest BCUT2D eigenvalue weighted by Gasteiger charge is 2.06. The Morgan fingerprint density at radius 2 is 1.89 bits per heavy atom. The first-order valence-corrected chi connectivity index (χ1v) is 6.63. The van der Waals surface area contributed by atoms with E-state index < -0.39 is 0 Å². The Kier molecular flexibility index (Phi) is 3.84. The van der Waals surface area contributed by atoms with E-state index >= 15 is 0 Å². The van der Waals surface area contributed by atoms with Crippen LogP contribution in [0.4, 0.5) is 0 Å². The number of rotatable bonds is 3. The molecule has 0 aliphatic carbocycles. The Morgan fingerprint density at radius 3 is 2.53 bits per heavy atom. The summed E-state index contributed by atoms with van der Waals surface area (Å²) in [5, 5.41) is 0. The van der Waals surface area contributed by atoms with Crippen LogP contribution in [0.3, 0.4) is 0 Å². The quantitative estimate of drug-likeness (QED) is 0.916. The maximum absolute atomic E-state index is 11.7. The average molecular weight is 256 g/mol. The Bertz CT molecular complexity index is 641. The number of hydrogen-bond acceptors (Lipinski definition) is 2. The summed E-state index contributed by atoms with van der Waals surface area (Å²) >= 11 is 0. The molecule has 0 atom stereocenters. The molecular weight excluding hydrogens is 236 g/mol. The lowest BCUT2D eigenvalue weighted by molar-refractivity contribution is 0.634. The maximum Gasteiger partial charge on any atom is 0.251 e. The molecule has 1 aromatic heterocycles. The first kappa shape index (κ1) is 13.5. The van der Waals surface area contributed by atoms with Crippen molar-refractivity contribution in [2.75, 3.05) is 0 Å². The van der Waals surface area contributed by atoms with Crippen LogP contribution in [0.5, 0.6) is 0 Å². The molecule has 0 aliphatic heterocycles. The number of nitrogens with zero attached hydrogens (tertiary/aromatic N) is 1. The second-order valence-corrected chi connectivity index (χ2v) is 5.48. The summed E-state index contributed by atoms with van der Waals surface area (Å²) in [7, 11) is 0. The number of aromatic nitrogens is 2. The van der Waals surface area contributed by atoms with Gasteiger partial charge in [-0.15, -0.1) is 0 Å². The van der Waals surface area contributed by atoms with Gasteiger partial charge in [0, 0.05) is 17.3 Å². The average Bonchev–Trinajstić information content (AvgIpc) is 2.31. The lowest BCUT2D eigenvalue weighted by atomic mass is 10.1. The molecule has 0 bridgehead atoms. The summed E-state index contributed by atoms with van der Waals surface area (Å²) in [4.78, 5) is 19.1. The van der Waals surface area contributed by atoms with E-state index in [1.54, 1.807) is 6.07 Å². The second-order valence-electron chi connectivity index (χ2n) is 5.48. The van der Waals surface area contributed by atoms with Gasteiger partial charge in [0.25, 0.3) is 5.56 Å². The summed E-state index contributed by atoms with van der Waals surface area (Å²) in [6.45, 7) is 8.39. The van der Waals surface area contributed by atoms with Crippen LogP contribution in [0, 0.1) is 19.8 Å². The van der Waals surface area contributed by atoms with Gasteiger partial charge < -0.3 is 4.98 Å². The highest BCUT2D eigenvalue weighted by atomic mass is 16.1. The number of H-pyrrole nitrogens is 1. The Labute approximate surface area is 113 Å². The fourth-order valence-corrected chi connectivity index (χ4v) is 2.06. The number of aromatic amines is 1. The van der Waals surface area contributed by atoms with E-state index in [1.165, 1.54) is 11.1 Å². The molecule has 0 spiro atoms. The van der Waals surface area contributed by atoms with Crippen LogP contribution in [0.15, 0.2) is 29.1 Å². The molecule has 1 heterocycles. The van der Waals surface area contributed by atoms with Gasteiger partial charge in [-0.1, -0.05) is 26.0 Å². The van der Waals surface area contributed by atoms with Gasteiger partial charge in [-0.05, 0) is 43.4 Å². The number of benzene rings is 1. The monoisotopic (exact) mass is 256 g/mol. The molecule has 1 aromatic carbocycles. The molecule has 3 heteroatoms. The lowest BCUT2D eigenvalue weighted by Gasteiger charge is -2.08. The Hall–Kier alpha value is -1.90. The van der Waals surface area contributed by atoms with Gasteiger partial charge >= 0.3 is 0 Å². The maximum atomic E-state index is 11.7. The van der Waals surface area contributed by atoms with Gasteiger partial charge in [0.15, 0.2) is 0 Å². The Balaban J connectivity index is 2.46. The number of aryl methyl sites for hydroxylation is 2. The third-order valence-electron chi connectivity index (χ3n) is 3.19. The van der Waals surface area contributed by atoms with Crippen molar-refractivity contribution in [3.8, 4) is 11.4 Å². The van der Waals surface area contributed by atoms with Gasteiger partial charge in [-0.2, -0.15) is 0 Å². The van der Waals surface area contributed by atoms with Crippen molar-refractivity contribution in [3.63, 3.8) is 0 Å². The first-order valence-electron chi connectivity index (χ1n) is 6.63. The van der Waals surface area contributed by atoms with Crippen LogP contribution in [0.25, 0.3) is 11.4 Å². The molecule has 19 heavy (non-hydrogen) atoms. The molecule has 100 valence electrons. The van der Waals surface area contributed by atoms with E-state index in [4.69, 9.17) is 0 Å². The predicted molar refractivity (Wildman–Crippen MR) is 78.3 cm³/mol. The smallest absolute Gasteiger partial charge is 0.251 e. The minimum Gasteiger partial charge on any atom is -0.307 e. The van der Waals surface area contributed by atoms with Crippen LogP contribution >= 0.6 is 0 Å². The van der Waals surface area contributed by atoms with Crippen molar-refractivity contribution in [2.45, 2.75) is 34.1 Å². The first-order chi connectivity index (χ1) is 8.95. The van der Waals surface area contributed by atoms with Crippen LogP contribution in [0.1, 0.15) is 30.7 Å². The molecule has 0 fully saturated rings. The van der Waals surface area contributed by atoms with Crippen molar-refractivity contribution in [2.24, 2.45) is 5.92 Å². The minimum absolute atomic E-state index is 0.0844. The lowest BCUT2D eigenvalue weighted by Crippen LogP contribution is -2.11. The van der Waals surface area contributed by atoms with E-state index in [0.29, 0.717) is 11.7 Å². The van der Waals surface area contributed by atoms with E-state index in [-0.39, 0.29) is 5.56 Å². The van der Waals surface area contributed by atoms with Gasteiger partial charge in [0.2, 0.25) is 0 Å². The summed E-state index contributed by atoms with van der Waals surface area (Å²) in [5.41, 5.74) is 4.18. The van der Waals surface area contributed by atoms with E-state index in [1.807, 2.05) is 6.07 Å². The standard InChI is InChI=1S/C16H20N2O/c1-10(2)7-14-9-15(19)18-16(17-14)13-6-5-11(3)12(4)8-13/h5-6,8-10H,7H2,1-4H3,(H,17,18,19). The normalized spacial score (nSPS) is 11.0. The molecule has 0 unspecified atom stereocenters. The van der Waals surface area contributed by atoms with Gasteiger partial charge in [0.05, 0.1) is 0 Å². The summed E-state index contributed by atoms with van der Waals surface area (Å²) < 4.78 is 0. The summed E-state index contributed by atoms with van der Waals surface area (Å²) in [6.07, 6.45) is 0.821. The summed E-state index contributed by atoms with van der Waals surface area (Å²) in [5.74, 6) is 1.15. The zero-order valence-electron chi connectivity index (χ0n) is 11.9. The molecule has 2 rings (SSSR count). The van der Waals surface area contributed by atoms with Gasteiger partial charge in [-0.25, -0.2) is 4.98 Å². The van der Waals surface area contributed by atoms with Crippen molar-refractivity contribution in [1.82, 2.24) is 9.97 Å². The molecule has 2 aromatic rings. The van der Waals surface area contributed by atoms with Crippen molar-refractivity contribution in [1.29, 1.82) is 0 Å². The van der Waals surface area contributed by atoms with Crippen molar-refractivity contribution < 1.29 is 0 Å². The van der Waals surface area contributed by atoms with E-state index in [0.717, 1.165) is 17.7 Å². The van der Waals surface area contributed by atoms with Crippen LogP contribution in [-0.4, -0.2) is 9.97 Å². The third kappa shape index (κ3) is 3.31. The fourth-order valence-electron chi connectivity index (χ4n) is 2.06. The van der Waals surface area contributed by atoms with E-state index in [9.17, 15) is 4.79 Å². The molecule has 3 nitrogen and oxygen atoms in total. The van der Waals surface area contributed by atoms with Gasteiger partial charge in [0.1, 0.15) is 5.82 Å². The fraction of sp³-hybridized carbons (Fsp3) is 0.375. The largest absolute Gasteiger partial charge is 0.307 e. The van der Waals surface area contributed by atoms with E-state index in [2.05, 4.69) is 49.8 Å². The number of hydrogen-bond donors (Lipinski definition) is 1. The third-order valence-corrected chi connectivity index (χ3v) is 3.19. The van der Waals surface area contributed by atoms with Crippen molar-refractivity contribution in [3.05, 3.63) is 51.4 Å². The molecule has 1 N–H and O–H groups in total. The highest BCUT2D eigenvalue weighted by molar-refractivity contribution is 5.57. The predicted octanol–water partition coefficient (Wildman–Crippen LogP) is 3.25. The molecule has 0 saturated carbocycles. The SMILES string of the molecule is Cc1ccc(-c2nc(CC(C)C)cc(=O)[nH]2)cc1C. The molecular formula is C16H20N2O. The van der Waals surface area contributed by atoms with Crippen LogP contribution in [-0.2, 0) is 6.42 Å². The topological polar surface area (TPSA) is 45.8 Å². The zero-order chi connectivity index (χ0) is 14.0. The zero-order valence-corrected chi connectivity index (χ0v) is 11.9. The van der Waals surface area contributed by atoms with Crippen molar-refractivity contribution >= 4 is 0 Å². The molecule has 0 saturated heterocycles. The number of nitrogens with one attached hydrogen (secondary N) is 1. The van der Waals surface area contributed by atoms with Gasteiger partial charge in [-0.3, -0.25) is 4.79 Å². The van der Waals surface area contributed by atoms with Crippen LogP contribution < -0.4 is 5.56 Å². The minimum atomic E-state index is -0.0844. The Morgan fingerprint density at radius 1 is 1.16 bits per heavy atom. The summed E-state index contributed by atoms with van der Waals surface area (Å²) in [6, 6.07) is 7.71. The molecule has 0 aliphatic rings. The highest BCUT2D eigenvalue weighted by Crippen LogP contribution is 2.18. The second kappa shape index (κ2) is 5.39. The van der Waals surface area contributed by atoms with Crippen LogP contribution in [0.2, 0.25) is 0 Å².